The number of nitrogen functional groups attached to an aromatic ring is 1. The number of rotatable bonds is 1. The number of hydrogen-bond donors (Lipinski definition) is 1. The van der Waals surface area contributed by atoms with E-state index in [4.69, 9.17) is 22.3 Å². The lowest BCUT2D eigenvalue weighted by molar-refractivity contribution is 0.0744. The zero-order valence-electron chi connectivity index (χ0n) is 17.3. The van der Waals surface area contributed by atoms with Crippen molar-refractivity contribution in [3.05, 3.63) is 99.3 Å². The fourth-order valence-electron chi connectivity index (χ4n) is 4.67. The number of carbonyl (C=O) groups is 1. The Bertz CT molecular complexity index is 1170. The molecular weight excluding hydrogens is 406 g/mol. The van der Waals surface area contributed by atoms with Crippen LogP contribution in [0.15, 0.2) is 66.4 Å². The number of piperidine rings is 1. The van der Waals surface area contributed by atoms with Crippen molar-refractivity contribution in [2.75, 3.05) is 18.8 Å². The van der Waals surface area contributed by atoms with Crippen molar-refractivity contribution in [3.63, 3.8) is 0 Å². The minimum absolute atomic E-state index is 0.0654. The monoisotopic (exact) mass is 429 g/mol. The predicted molar refractivity (Wildman–Crippen MR) is 125 cm³/mol. The first-order chi connectivity index (χ1) is 15.1. The number of benzene rings is 2. The van der Waals surface area contributed by atoms with Crippen molar-refractivity contribution < 1.29 is 4.79 Å². The topological polar surface area (TPSA) is 59.2 Å². The third-order valence-electron chi connectivity index (χ3n) is 6.29. The molecule has 0 saturated carbocycles. The molecule has 3 aromatic rings. The second-order valence-electron chi connectivity index (χ2n) is 8.21. The molecule has 1 aliphatic heterocycles. The number of hydrogen-bond acceptors (Lipinski definition) is 3. The maximum atomic E-state index is 12.9. The molecule has 2 heterocycles. The normalized spacial score (nSPS) is 15.8. The number of amides is 1. The van der Waals surface area contributed by atoms with Crippen LogP contribution in [0, 0.1) is 0 Å². The Balaban J connectivity index is 1.49. The molecule has 0 radical (unpaired) electrons. The molecule has 0 bridgehead atoms. The lowest BCUT2D eigenvalue weighted by atomic mass is 9.88. The second-order valence-corrected chi connectivity index (χ2v) is 8.64. The second kappa shape index (κ2) is 8.20. The molecule has 1 aromatic heterocycles. The summed E-state index contributed by atoms with van der Waals surface area (Å²) in [5.41, 5.74) is 14.6. The van der Waals surface area contributed by atoms with Gasteiger partial charge in [-0.25, -0.2) is 0 Å². The first-order valence-corrected chi connectivity index (χ1v) is 11.1. The minimum Gasteiger partial charge on any atom is -0.399 e. The highest BCUT2D eigenvalue weighted by Crippen LogP contribution is 2.38. The van der Waals surface area contributed by atoms with Crippen molar-refractivity contribution in [2.45, 2.75) is 25.7 Å². The Kier molecular flexibility index (Phi) is 5.24. The van der Waals surface area contributed by atoms with E-state index in [1.165, 1.54) is 27.8 Å². The Morgan fingerprint density at radius 2 is 1.68 bits per heavy atom. The summed E-state index contributed by atoms with van der Waals surface area (Å²) >= 11 is 6.31. The molecule has 4 nitrogen and oxygen atoms in total. The fraction of sp³-hybridized carbons (Fsp3) is 0.231. The number of aryl methyl sites for hydroxylation is 2. The standard InChI is InChI=1S/C26H24ClN3O/c27-21-7-10-23-20(16-21)4-3-18-2-1-13-29-25(18)24(23)17-11-14-30(15-12-17)26(31)19-5-8-22(28)9-6-19/h1-2,5-10,13,16H,3-4,11-12,14-15,28H2. The quantitative estimate of drug-likeness (QED) is 0.544. The van der Waals surface area contributed by atoms with Gasteiger partial charge in [0.1, 0.15) is 0 Å². The number of fused-ring (bicyclic) bond motifs is 2. The molecule has 1 amide bonds. The van der Waals surface area contributed by atoms with Crippen molar-refractivity contribution in [2.24, 2.45) is 0 Å². The molecule has 156 valence electrons. The Hall–Kier alpha value is -3.11. The van der Waals surface area contributed by atoms with Crippen LogP contribution in [0.4, 0.5) is 5.69 Å². The zero-order chi connectivity index (χ0) is 21.4. The molecular formula is C26H24ClN3O. The summed E-state index contributed by atoms with van der Waals surface area (Å²) in [4.78, 5) is 19.6. The average Bonchev–Trinajstić information content (AvgIpc) is 2.96. The molecule has 2 aromatic carbocycles. The molecule has 1 aliphatic carbocycles. The van der Waals surface area contributed by atoms with E-state index < -0.39 is 0 Å². The van der Waals surface area contributed by atoms with Gasteiger partial charge >= 0.3 is 0 Å². The Morgan fingerprint density at radius 1 is 0.935 bits per heavy atom. The van der Waals surface area contributed by atoms with Crippen molar-refractivity contribution in [3.8, 4) is 0 Å². The first-order valence-electron chi connectivity index (χ1n) is 10.7. The Labute approximate surface area is 187 Å². The van der Waals surface area contributed by atoms with Gasteiger partial charge in [0.2, 0.25) is 0 Å². The van der Waals surface area contributed by atoms with Crippen LogP contribution in [-0.4, -0.2) is 28.9 Å². The average molecular weight is 430 g/mol. The molecule has 0 spiro atoms. The molecule has 2 aliphatic rings. The van der Waals surface area contributed by atoms with Gasteiger partial charge in [-0.1, -0.05) is 29.3 Å². The van der Waals surface area contributed by atoms with Crippen molar-refractivity contribution in [1.29, 1.82) is 0 Å². The summed E-state index contributed by atoms with van der Waals surface area (Å²) in [6.45, 7) is 1.40. The first kappa shape index (κ1) is 19.8. The van der Waals surface area contributed by atoms with Crippen LogP contribution in [0.1, 0.15) is 45.6 Å². The maximum Gasteiger partial charge on any atom is 0.253 e. The van der Waals surface area contributed by atoms with E-state index in [0.717, 1.165) is 36.4 Å². The SMILES string of the molecule is Nc1ccc(C(=O)N2CCC(=C3c4ccc(Cl)cc4CCc4cccnc43)CC2)cc1. The summed E-state index contributed by atoms with van der Waals surface area (Å²) < 4.78 is 0. The van der Waals surface area contributed by atoms with Crippen LogP contribution in [0.5, 0.6) is 0 Å². The molecule has 0 atom stereocenters. The third kappa shape index (κ3) is 3.84. The number of nitrogens with two attached hydrogens (primary N) is 1. The summed E-state index contributed by atoms with van der Waals surface area (Å²) in [6.07, 6.45) is 5.46. The van der Waals surface area contributed by atoms with E-state index >= 15 is 0 Å². The van der Waals surface area contributed by atoms with E-state index in [1.807, 2.05) is 23.2 Å². The van der Waals surface area contributed by atoms with Crippen LogP contribution < -0.4 is 5.73 Å². The lowest BCUT2D eigenvalue weighted by Crippen LogP contribution is -2.36. The number of aromatic nitrogens is 1. The third-order valence-corrected chi connectivity index (χ3v) is 6.53. The number of carbonyl (C=O) groups excluding carboxylic acids is 1. The maximum absolute atomic E-state index is 12.9. The summed E-state index contributed by atoms with van der Waals surface area (Å²) in [7, 11) is 0. The van der Waals surface area contributed by atoms with Gasteiger partial charge in [-0.3, -0.25) is 9.78 Å². The largest absolute Gasteiger partial charge is 0.399 e. The lowest BCUT2D eigenvalue weighted by Gasteiger charge is -2.30. The van der Waals surface area contributed by atoms with Gasteiger partial charge in [0.15, 0.2) is 0 Å². The molecule has 31 heavy (non-hydrogen) atoms. The van der Waals surface area contributed by atoms with E-state index in [2.05, 4.69) is 18.2 Å². The summed E-state index contributed by atoms with van der Waals surface area (Å²) in [6, 6.07) is 17.5. The van der Waals surface area contributed by atoms with Crippen LogP contribution >= 0.6 is 11.6 Å². The Morgan fingerprint density at radius 3 is 2.45 bits per heavy atom. The van der Waals surface area contributed by atoms with Gasteiger partial charge in [0, 0.05) is 41.1 Å². The van der Waals surface area contributed by atoms with E-state index in [-0.39, 0.29) is 5.91 Å². The number of nitrogens with zero attached hydrogens (tertiary/aromatic N) is 2. The van der Waals surface area contributed by atoms with E-state index in [1.54, 1.807) is 24.3 Å². The number of halogens is 1. The van der Waals surface area contributed by atoms with Crippen LogP contribution in [-0.2, 0) is 12.8 Å². The van der Waals surface area contributed by atoms with Crippen molar-refractivity contribution >= 4 is 28.8 Å². The highest BCUT2D eigenvalue weighted by Gasteiger charge is 2.26. The molecule has 2 N–H and O–H groups in total. The van der Waals surface area contributed by atoms with Crippen LogP contribution in [0.25, 0.3) is 5.57 Å². The highest BCUT2D eigenvalue weighted by molar-refractivity contribution is 6.30. The van der Waals surface area contributed by atoms with Crippen LogP contribution in [0.3, 0.4) is 0 Å². The van der Waals surface area contributed by atoms with Crippen molar-refractivity contribution in [1.82, 2.24) is 9.88 Å². The molecule has 0 unspecified atom stereocenters. The molecule has 1 saturated heterocycles. The highest BCUT2D eigenvalue weighted by atomic mass is 35.5. The number of anilines is 1. The van der Waals surface area contributed by atoms with Gasteiger partial charge in [-0.15, -0.1) is 0 Å². The fourth-order valence-corrected chi connectivity index (χ4v) is 4.87. The summed E-state index contributed by atoms with van der Waals surface area (Å²) in [5.74, 6) is 0.0654. The van der Waals surface area contributed by atoms with E-state index in [9.17, 15) is 4.79 Å². The van der Waals surface area contributed by atoms with Gasteiger partial charge in [-0.2, -0.15) is 0 Å². The van der Waals surface area contributed by atoms with Gasteiger partial charge in [-0.05, 0) is 84.8 Å². The van der Waals surface area contributed by atoms with Gasteiger partial charge in [0.05, 0.1) is 5.69 Å². The molecule has 5 rings (SSSR count). The number of pyridine rings is 1. The number of likely N-dealkylation sites (tertiary alicyclic amines) is 1. The molecule has 5 heteroatoms. The molecule has 1 fully saturated rings. The predicted octanol–water partition coefficient (Wildman–Crippen LogP) is 5.15. The minimum atomic E-state index is 0.0654. The van der Waals surface area contributed by atoms with Gasteiger partial charge in [0.25, 0.3) is 5.91 Å². The summed E-state index contributed by atoms with van der Waals surface area (Å²) in [5, 5.41) is 0.769. The van der Waals surface area contributed by atoms with Crippen LogP contribution in [0.2, 0.25) is 5.02 Å². The zero-order valence-corrected chi connectivity index (χ0v) is 18.0. The van der Waals surface area contributed by atoms with E-state index in [0.29, 0.717) is 24.3 Å². The van der Waals surface area contributed by atoms with Gasteiger partial charge < -0.3 is 10.6 Å². The smallest absolute Gasteiger partial charge is 0.253 e.